The zero-order valence-electron chi connectivity index (χ0n) is 8.18. The molecule has 16 heavy (non-hydrogen) atoms. The van der Waals surface area contributed by atoms with E-state index in [0.29, 0.717) is 0 Å². The van der Waals surface area contributed by atoms with Crippen molar-refractivity contribution in [1.29, 1.82) is 0 Å². The Morgan fingerprint density at radius 2 is 1.44 bits per heavy atom. The lowest BCUT2D eigenvalue weighted by Gasteiger charge is -2.10. The van der Waals surface area contributed by atoms with Gasteiger partial charge in [0.15, 0.2) is 0 Å². The van der Waals surface area contributed by atoms with Crippen LogP contribution in [0.1, 0.15) is 0 Å². The molecule has 0 bridgehead atoms. The van der Waals surface area contributed by atoms with Crippen molar-refractivity contribution in [3.05, 3.63) is 55.9 Å². The highest BCUT2D eigenvalue weighted by atomic mass is 79.9. The van der Waals surface area contributed by atoms with E-state index in [-0.39, 0.29) is 0 Å². The predicted molar refractivity (Wildman–Crippen MR) is 79.3 cm³/mol. The van der Waals surface area contributed by atoms with Crippen LogP contribution in [0.5, 0.6) is 0 Å². The topological polar surface area (TPSA) is 12.0 Å². The number of hydrogen-bond donors (Lipinski definition) is 1. The summed E-state index contributed by atoms with van der Waals surface area (Å²) in [5.74, 6) is 0. The van der Waals surface area contributed by atoms with Gasteiger partial charge in [-0.15, -0.1) is 0 Å². The molecule has 0 aliphatic rings. The Balaban J connectivity index is 2.31. The number of halogens is 3. The average molecular weight is 406 g/mol. The third kappa shape index (κ3) is 2.87. The van der Waals surface area contributed by atoms with Crippen LogP contribution < -0.4 is 5.32 Å². The molecule has 0 fully saturated rings. The Morgan fingerprint density at radius 3 is 2.12 bits per heavy atom. The first-order valence-corrected chi connectivity index (χ1v) is 7.01. The van der Waals surface area contributed by atoms with Gasteiger partial charge in [-0.05, 0) is 62.2 Å². The van der Waals surface area contributed by atoms with Crippen LogP contribution in [-0.4, -0.2) is 0 Å². The summed E-state index contributed by atoms with van der Waals surface area (Å²) in [6, 6.07) is 14.1. The van der Waals surface area contributed by atoms with Gasteiger partial charge in [0.2, 0.25) is 0 Å². The number of benzene rings is 2. The fourth-order valence-electron chi connectivity index (χ4n) is 1.30. The smallest absolute Gasteiger partial charge is 0.0529 e. The molecule has 0 aliphatic heterocycles. The van der Waals surface area contributed by atoms with Crippen molar-refractivity contribution in [3.63, 3.8) is 0 Å². The first-order valence-electron chi connectivity index (χ1n) is 4.63. The van der Waals surface area contributed by atoms with Gasteiger partial charge >= 0.3 is 0 Å². The second-order valence-electron chi connectivity index (χ2n) is 3.23. The van der Waals surface area contributed by atoms with E-state index in [0.717, 1.165) is 24.8 Å². The molecule has 0 atom stereocenters. The molecule has 0 amide bonds. The van der Waals surface area contributed by atoms with E-state index in [9.17, 15) is 0 Å². The van der Waals surface area contributed by atoms with Gasteiger partial charge in [-0.1, -0.05) is 28.1 Å². The molecule has 0 aromatic heterocycles. The van der Waals surface area contributed by atoms with E-state index in [4.69, 9.17) is 0 Å². The predicted octanol–water partition coefficient (Wildman–Crippen LogP) is 5.72. The van der Waals surface area contributed by atoms with E-state index in [1.807, 2.05) is 42.5 Å². The Morgan fingerprint density at radius 1 is 0.750 bits per heavy atom. The van der Waals surface area contributed by atoms with Gasteiger partial charge in [0, 0.05) is 13.4 Å². The molecule has 4 heteroatoms. The lowest BCUT2D eigenvalue weighted by molar-refractivity contribution is 1.49. The van der Waals surface area contributed by atoms with Gasteiger partial charge in [0.05, 0.1) is 11.4 Å². The summed E-state index contributed by atoms with van der Waals surface area (Å²) in [4.78, 5) is 0. The zero-order chi connectivity index (χ0) is 11.5. The minimum absolute atomic E-state index is 1.03. The van der Waals surface area contributed by atoms with Crippen molar-refractivity contribution < 1.29 is 0 Å². The Hall–Kier alpha value is -0.320. The van der Waals surface area contributed by atoms with Crippen LogP contribution in [-0.2, 0) is 0 Å². The summed E-state index contributed by atoms with van der Waals surface area (Å²) in [5.41, 5.74) is 2.08. The molecule has 1 nitrogen and oxygen atoms in total. The number of nitrogens with one attached hydrogen (secondary N) is 1. The standard InChI is InChI=1S/C12H8Br3N/c13-8-5-6-12(10(15)7-8)16-11-4-2-1-3-9(11)14/h1-7,16H. The zero-order valence-corrected chi connectivity index (χ0v) is 12.9. The van der Waals surface area contributed by atoms with Crippen LogP contribution in [0, 0.1) is 0 Å². The number of hydrogen-bond acceptors (Lipinski definition) is 1. The fourth-order valence-corrected chi connectivity index (χ4v) is 2.83. The maximum atomic E-state index is 3.52. The van der Waals surface area contributed by atoms with E-state index < -0.39 is 0 Å². The maximum absolute atomic E-state index is 3.52. The Labute approximate surface area is 120 Å². The molecule has 0 saturated heterocycles. The monoisotopic (exact) mass is 403 g/mol. The first-order chi connectivity index (χ1) is 7.66. The highest BCUT2D eigenvalue weighted by molar-refractivity contribution is 9.11. The molecular formula is C12H8Br3N. The highest BCUT2D eigenvalue weighted by Gasteiger charge is 2.03. The van der Waals surface area contributed by atoms with Gasteiger partial charge in [-0.2, -0.15) is 0 Å². The average Bonchev–Trinajstić information content (AvgIpc) is 2.25. The van der Waals surface area contributed by atoms with Crippen LogP contribution in [0.3, 0.4) is 0 Å². The van der Waals surface area contributed by atoms with Gasteiger partial charge in [0.1, 0.15) is 0 Å². The summed E-state index contributed by atoms with van der Waals surface area (Å²) in [6.45, 7) is 0. The van der Waals surface area contributed by atoms with E-state index in [2.05, 4.69) is 53.1 Å². The maximum Gasteiger partial charge on any atom is 0.0529 e. The normalized spacial score (nSPS) is 10.2. The lowest BCUT2D eigenvalue weighted by Crippen LogP contribution is -1.91. The Bertz CT molecular complexity index is 511. The molecule has 0 unspecified atom stereocenters. The van der Waals surface area contributed by atoms with Crippen molar-refractivity contribution in [2.24, 2.45) is 0 Å². The second-order valence-corrected chi connectivity index (χ2v) is 5.85. The highest BCUT2D eigenvalue weighted by Crippen LogP contribution is 2.31. The Kier molecular flexibility index (Phi) is 4.05. The number of para-hydroxylation sites is 1. The third-order valence-electron chi connectivity index (χ3n) is 2.07. The summed E-state index contributed by atoms with van der Waals surface area (Å²) in [5, 5.41) is 3.35. The van der Waals surface area contributed by atoms with Gasteiger partial charge in [-0.25, -0.2) is 0 Å². The lowest BCUT2D eigenvalue weighted by atomic mass is 10.3. The summed E-state index contributed by atoms with van der Waals surface area (Å²) >= 11 is 10.5. The van der Waals surface area contributed by atoms with Crippen LogP contribution in [0.25, 0.3) is 0 Å². The third-order valence-corrected chi connectivity index (χ3v) is 3.92. The van der Waals surface area contributed by atoms with Crippen LogP contribution >= 0.6 is 47.8 Å². The molecule has 0 spiro atoms. The molecule has 82 valence electrons. The SMILES string of the molecule is Brc1ccc(Nc2ccccc2Br)c(Br)c1. The molecule has 2 aromatic rings. The fraction of sp³-hybridized carbons (Fsp3) is 0. The van der Waals surface area contributed by atoms with E-state index in [1.54, 1.807) is 0 Å². The molecule has 1 N–H and O–H groups in total. The van der Waals surface area contributed by atoms with Crippen molar-refractivity contribution >= 4 is 59.2 Å². The first kappa shape index (κ1) is 12.1. The van der Waals surface area contributed by atoms with Crippen LogP contribution in [0.2, 0.25) is 0 Å². The van der Waals surface area contributed by atoms with Crippen molar-refractivity contribution in [2.45, 2.75) is 0 Å². The molecule has 0 saturated carbocycles. The van der Waals surface area contributed by atoms with Crippen molar-refractivity contribution in [3.8, 4) is 0 Å². The largest absolute Gasteiger partial charge is 0.354 e. The summed E-state index contributed by atoms with van der Waals surface area (Å²) < 4.78 is 3.12. The molecule has 0 aliphatic carbocycles. The minimum atomic E-state index is 1.03. The minimum Gasteiger partial charge on any atom is -0.354 e. The summed E-state index contributed by atoms with van der Waals surface area (Å²) in [7, 11) is 0. The van der Waals surface area contributed by atoms with Crippen LogP contribution in [0.15, 0.2) is 55.9 Å². The molecule has 0 radical (unpaired) electrons. The number of anilines is 2. The van der Waals surface area contributed by atoms with Gasteiger partial charge in [-0.3, -0.25) is 0 Å². The van der Waals surface area contributed by atoms with E-state index >= 15 is 0 Å². The molecule has 2 rings (SSSR count). The van der Waals surface area contributed by atoms with Crippen molar-refractivity contribution in [2.75, 3.05) is 5.32 Å². The van der Waals surface area contributed by atoms with Crippen LogP contribution in [0.4, 0.5) is 11.4 Å². The van der Waals surface area contributed by atoms with Crippen molar-refractivity contribution in [1.82, 2.24) is 0 Å². The molecular weight excluding hydrogens is 398 g/mol. The quantitative estimate of drug-likeness (QED) is 0.674. The van der Waals surface area contributed by atoms with E-state index in [1.165, 1.54) is 0 Å². The van der Waals surface area contributed by atoms with Gasteiger partial charge < -0.3 is 5.32 Å². The number of rotatable bonds is 2. The van der Waals surface area contributed by atoms with Gasteiger partial charge in [0.25, 0.3) is 0 Å². The second kappa shape index (κ2) is 5.34. The molecule has 2 aromatic carbocycles. The molecule has 0 heterocycles. The summed E-state index contributed by atoms with van der Waals surface area (Å²) in [6.07, 6.45) is 0.